The van der Waals surface area contributed by atoms with Crippen molar-refractivity contribution in [1.82, 2.24) is 5.32 Å². The van der Waals surface area contributed by atoms with Gasteiger partial charge in [0.25, 0.3) is 5.91 Å². The van der Waals surface area contributed by atoms with E-state index in [4.69, 9.17) is 4.42 Å². The second kappa shape index (κ2) is 5.71. The van der Waals surface area contributed by atoms with Gasteiger partial charge in [-0.25, -0.2) is 0 Å². The average Bonchev–Trinajstić information content (AvgIpc) is 2.76. The second-order valence-corrected chi connectivity index (χ2v) is 5.50. The SMILES string of the molecule is CCC1CCCC(NC(=O)c2ccc(Br)o2)C1. The fraction of sp³-hybridized carbons (Fsp3) is 0.615. The maximum Gasteiger partial charge on any atom is 0.287 e. The number of carbonyl (C=O) groups is 1. The third kappa shape index (κ3) is 3.35. The fourth-order valence-electron chi connectivity index (χ4n) is 2.49. The molecule has 0 aromatic carbocycles. The van der Waals surface area contributed by atoms with Gasteiger partial charge in [-0.1, -0.05) is 26.2 Å². The first-order chi connectivity index (χ1) is 8.19. The van der Waals surface area contributed by atoms with Crippen LogP contribution in [0.3, 0.4) is 0 Å². The van der Waals surface area contributed by atoms with Gasteiger partial charge in [0.05, 0.1) is 0 Å². The van der Waals surface area contributed by atoms with Gasteiger partial charge in [0.15, 0.2) is 10.4 Å². The van der Waals surface area contributed by atoms with Crippen LogP contribution in [0.1, 0.15) is 49.6 Å². The summed E-state index contributed by atoms with van der Waals surface area (Å²) in [4.78, 5) is 11.9. The van der Waals surface area contributed by atoms with Crippen molar-refractivity contribution in [3.8, 4) is 0 Å². The molecule has 1 aliphatic rings. The Morgan fingerprint density at radius 1 is 1.53 bits per heavy atom. The first-order valence-electron chi connectivity index (χ1n) is 6.25. The molecule has 1 fully saturated rings. The largest absolute Gasteiger partial charge is 0.444 e. The smallest absolute Gasteiger partial charge is 0.287 e. The zero-order valence-corrected chi connectivity index (χ0v) is 11.6. The normalized spacial score (nSPS) is 24.6. The van der Waals surface area contributed by atoms with E-state index in [0.29, 0.717) is 16.5 Å². The Hall–Kier alpha value is -0.770. The number of halogens is 1. The van der Waals surface area contributed by atoms with Gasteiger partial charge in [-0.05, 0) is 46.8 Å². The molecule has 2 rings (SSSR count). The molecule has 4 heteroatoms. The van der Waals surface area contributed by atoms with E-state index >= 15 is 0 Å². The van der Waals surface area contributed by atoms with Crippen LogP contribution in [-0.4, -0.2) is 11.9 Å². The summed E-state index contributed by atoms with van der Waals surface area (Å²) in [5.41, 5.74) is 0. The third-order valence-corrected chi connectivity index (χ3v) is 3.92. The molecular formula is C13H18BrNO2. The Balaban J connectivity index is 1.90. The zero-order chi connectivity index (χ0) is 12.3. The molecule has 1 amide bonds. The molecular weight excluding hydrogens is 282 g/mol. The lowest BCUT2D eigenvalue weighted by Crippen LogP contribution is -2.38. The van der Waals surface area contributed by atoms with E-state index in [-0.39, 0.29) is 5.91 Å². The molecule has 1 aliphatic carbocycles. The number of carbonyl (C=O) groups excluding carboxylic acids is 1. The predicted octanol–water partition coefficient (Wildman–Crippen LogP) is 3.74. The van der Waals surface area contributed by atoms with E-state index in [1.807, 2.05) is 0 Å². The number of furan rings is 1. The zero-order valence-electron chi connectivity index (χ0n) is 10.0. The first kappa shape index (κ1) is 12.7. The first-order valence-corrected chi connectivity index (χ1v) is 7.04. The molecule has 0 bridgehead atoms. The van der Waals surface area contributed by atoms with Gasteiger partial charge >= 0.3 is 0 Å². The summed E-state index contributed by atoms with van der Waals surface area (Å²) in [5, 5.41) is 3.06. The summed E-state index contributed by atoms with van der Waals surface area (Å²) >= 11 is 3.20. The minimum atomic E-state index is -0.0996. The molecule has 2 unspecified atom stereocenters. The van der Waals surface area contributed by atoms with E-state index in [9.17, 15) is 4.79 Å². The van der Waals surface area contributed by atoms with E-state index in [1.165, 1.54) is 19.3 Å². The Bertz CT molecular complexity index is 389. The summed E-state index contributed by atoms with van der Waals surface area (Å²) in [7, 11) is 0. The van der Waals surface area contributed by atoms with Gasteiger partial charge < -0.3 is 9.73 Å². The summed E-state index contributed by atoms with van der Waals surface area (Å²) in [5.74, 6) is 1.05. The molecule has 1 saturated carbocycles. The molecule has 1 aromatic heterocycles. The van der Waals surface area contributed by atoms with Crippen molar-refractivity contribution in [1.29, 1.82) is 0 Å². The van der Waals surface area contributed by atoms with Crippen molar-refractivity contribution in [2.45, 2.75) is 45.1 Å². The Morgan fingerprint density at radius 2 is 2.35 bits per heavy atom. The van der Waals surface area contributed by atoms with E-state index < -0.39 is 0 Å². The van der Waals surface area contributed by atoms with Crippen LogP contribution in [0.2, 0.25) is 0 Å². The van der Waals surface area contributed by atoms with Gasteiger partial charge in [0.2, 0.25) is 0 Å². The molecule has 0 radical (unpaired) electrons. The number of amides is 1. The van der Waals surface area contributed by atoms with Crippen molar-refractivity contribution < 1.29 is 9.21 Å². The van der Waals surface area contributed by atoms with Crippen molar-refractivity contribution in [2.75, 3.05) is 0 Å². The van der Waals surface area contributed by atoms with Crippen LogP contribution in [0.15, 0.2) is 21.2 Å². The number of hydrogen-bond acceptors (Lipinski definition) is 2. The Kier molecular flexibility index (Phi) is 4.26. The Morgan fingerprint density at radius 3 is 3.00 bits per heavy atom. The van der Waals surface area contributed by atoms with Gasteiger partial charge in [-0.15, -0.1) is 0 Å². The lowest BCUT2D eigenvalue weighted by Gasteiger charge is -2.28. The van der Waals surface area contributed by atoms with Crippen LogP contribution >= 0.6 is 15.9 Å². The molecule has 2 atom stereocenters. The summed E-state index contributed by atoms with van der Waals surface area (Å²) < 4.78 is 5.84. The minimum absolute atomic E-state index is 0.0996. The van der Waals surface area contributed by atoms with Crippen molar-refractivity contribution >= 4 is 21.8 Å². The van der Waals surface area contributed by atoms with Gasteiger partial charge in [-0.3, -0.25) is 4.79 Å². The summed E-state index contributed by atoms with van der Waals surface area (Å²) in [6.07, 6.45) is 5.91. The van der Waals surface area contributed by atoms with Gasteiger partial charge in [0, 0.05) is 6.04 Å². The second-order valence-electron chi connectivity index (χ2n) is 4.72. The lowest BCUT2D eigenvalue weighted by molar-refractivity contribution is 0.0889. The van der Waals surface area contributed by atoms with Crippen molar-refractivity contribution in [2.24, 2.45) is 5.92 Å². The highest BCUT2D eigenvalue weighted by Crippen LogP contribution is 2.26. The average molecular weight is 300 g/mol. The van der Waals surface area contributed by atoms with Crippen LogP contribution in [0, 0.1) is 5.92 Å². The van der Waals surface area contributed by atoms with E-state index in [0.717, 1.165) is 18.8 Å². The van der Waals surface area contributed by atoms with Crippen LogP contribution < -0.4 is 5.32 Å². The van der Waals surface area contributed by atoms with E-state index in [1.54, 1.807) is 12.1 Å². The maximum absolute atomic E-state index is 11.9. The molecule has 3 nitrogen and oxygen atoms in total. The molecule has 17 heavy (non-hydrogen) atoms. The van der Waals surface area contributed by atoms with Crippen LogP contribution in [0.4, 0.5) is 0 Å². The predicted molar refractivity (Wildman–Crippen MR) is 69.9 cm³/mol. The number of nitrogens with one attached hydrogen (secondary N) is 1. The van der Waals surface area contributed by atoms with Crippen molar-refractivity contribution in [3.63, 3.8) is 0 Å². The summed E-state index contributed by atoms with van der Waals surface area (Å²) in [6.45, 7) is 2.22. The number of hydrogen-bond donors (Lipinski definition) is 1. The topological polar surface area (TPSA) is 42.2 Å². The molecule has 0 aliphatic heterocycles. The van der Waals surface area contributed by atoms with Crippen LogP contribution in [0.5, 0.6) is 0 Å². The molecule has 94 valence electrons. The lowest BCUT2D eigenvalue weighted by atomic mass is 9.84. The number of rotatable bonds is 3. The van der Waals surface area contributed by atoms with Crippen molar-refractivity contribution in [3.05, 3.63) is 22.6 Å². The highest BCUT2D eigenvalue weighted by molar-refractivity contribution is 9.10. The molecule has 1 aromatic rings. The molecule has 1 N–H and O–H groups in total. The standard InChI is InChI=1S/C13H18BrNO2/c1-2-9-4-3-5-10(8-9)15-13(16)11-6-7-12(14)17-11/h6-7,9-10H,2-5,8H2,1H3,(H,15,16). The van der Waals surface area contributed by atoms with Gasteiger partial charge in [0.1, 0.15) is 0 Å². The Labute approximate surface area is 110 Å². The molecule has 1 heterocycles. The van der Waals surface area contributed by atoms with Crippen LogP contribution in [-0.2, 0) is 0 Å². The van der Waals surface area contributed by atoms with E-state index in [2.05, 4.69) is 28.2 Å². The third-order valence-electron chi connectivity index (χ3n) is 3.49. The molecule has 0 spiro atoms. The molecule has 0 saturated heterocycles. The monoisotopic (exact) mass is 299 g/mol. The highest BCUT2D eigenvalue weighted by Gasteiger charge is 2.23. The minimum Gasteiger partial charge on any atom is -0.444 e. The van der Waals surface area contributed by atoms with Gasteiger partial charge in [-0.2, -0.15) is 0 Å². The van der Waals surface area contributed by atoms with Crippen LogP contribution in [0.25, 0.3) is 0 Å². The quantitative estimate of drug-likeness (QED) is 0.924. The highest BCUT2D eigenvalue weighted by atomic mass is 79.9. The fourth-order valence-corrected chi connectivity index (χ4v) is 2.79. The summed E-state index contributed by atoms with van der Waals surface area (Å²) in [6, 6.07) is 3.74. The maximum atomic E-state index is 11.9.